The molecule has 0 spiro atoms. The number of amidine groups is 1. The number of nitrogens with one attached hydrogen (secondary N) is 1. The van der Waals surface area contributed by atoms with Gasteiger partial charge in [0.1, 0.15) is 5.25 Å². The van der Waals surface area contributed by atoms with Crippen LogP contribution in [0, 0.1) is 6.92 Å². The number of halogens is 4. The Morgan fingerprint density at radius 2 is 2.03 bits per heavy atom. The second-order valence-corrected chi connectivity index (χ2v) is 8.44. The van der Waals surface area contributed by atoms with Crippen molar-refractivity contribution in [2.45, 2.75) is 31.7 Å². The van der Waals surface area contributed by atoms with E-state index in [4.69, 9.17) is 11.6 Å². The van der Waals surface area contributed by atoms with E-state index in [2.05, 4.69) is 10.3 Å². The van der Waals surface area contributed by atoms with Gasteiger partial charge in [0.25, 0.3) is 0 Å². The standard InChI is InChI=1S/C21H19ClF3N3O2S/c1-3-28-18(29)11-17(19(30)26-13-6-4-5-12(2)9-13)31-20(28)27-14-7-8-16(22)15(10-14)21(23,24)25/h4-10,17H,3,11H2,1-2H3,(H,26,30). The van der Waals surface area contributed by atoms with E-state index in [1.807, 2.05) is 13.0 Å². The van der Waals surface area contributed by atoms with Crippen molar-refractivity contribution in [3.63, 3.8) is 0 Å². The fourth-order valence-corrected chi connectivity index (χ4v) is 4.40. The smallest absolute Gasteiger partial charge is 0.325 e. The number of amides is 2. The summed E-state index contributed by atoms with van der Waals surface area (Å²) in [6, 6.07) is 10.5. The maximum atomic E-state index is 13.2. The second kappa shape index (κ2) is 9.32. The number of thioether (sulfide) groups is 1. The first-order chi connectivity index (χ1) is 14.6. The Morgan fingerprint density at radius 1 is 1.29 bits per heavy atom. The first-order valence-corrected chi connectivity index (χ1v) is 10.6. The molecule has 5 nitrogen and oxygen atoms in total. The van der Waals surface area contributed by atoms with Gasteiger partial charge in [-0.3, -0.25) is 14.5 Å². The van der Waals surface area contributed by atoms with Crippen molar-refractivity contribution in [1.82, 2.24) is 4.90 Å². The summed E-state index contributed by atoms with van der Waals surface area (Å²) in [5.41, 5.74) is 0.542. The van der Waals surface area contributed by atoms with Crippen LogP contribution in [-0.4, -0.2) is 33.7 Å². The van der Waals surface area contributed by atoms with Crippen LogP contribution in [0.3, 0.4) is 0 Å². The number of nitrogens with zero attached hydrogens (tertiary/aromatic N) is 2. The van der Waals surface area contributed by atoms with Crippen molar-refractivity contribution in [3.05, 3.63) is 58.6 Å². The first-order valence-electron chi connectivity index (χ1n) is 9.38. The third-order valence-electron chi connectivity index (χ3n) is 4.51. The molecule has 0 aliphatic carbocycles. The molecule has 1 atom stereocenters. The van der Waals surface area contributed by atoms with Crippen molar-refractivity contribution in [2.75, 3.05) is 11.9 Å². The Hall–Kier alpha value is -2.52. The molecule has 1 heterocycles. The zero-order valence-corrected chi connectivity index (χ0v) is 18.2. The highest BCUT2D eigenvalue weighted by atomic mass is 35.5. The minimum atomic E-state index is -4.64. The lowest BCUT2D eigenvalue weighted by atomic mass is 10.2. The van der Waals surface area contributed by atoms with Gasteiger partial charge < -0.3 is 5.32 Å². The predicted octanol–water partition coefficient (Wildman–Crippen LogP) is 5.65. The van der Waals surface area contributed by atoms with Gasteiger partial charge in [-0.1, -0.05) is 35.5 Å². The lowest BCUT2D eigenvalue weighted by molar-refractivity contribution is -0.137. The monoisotopic (exact) mass is 469 g/mol. The van der Waals surface area contributed by atoms with Crippen molar-refractivity contribution >= 4 is 51.7 Å². The maximum Gasteiger partial charge on any atom is 0.417 e. The molecule has 1 aliphatic rings. The van der Waals surface area contributed by atoms with Crippen molar-refractivity contribution in [1.29, 1.82) is 0 Å². The molecule has 1 fully saturated rings. The lowest BCUT2D eigenvalue weighted by Crippen LogP contribution is -2.45. The van der Waals surface area contributed by atoms with Gasteiger partial charge in [0.15, 0.2) is 5.17 Å². The predicted molar refractivity (Wildman–Crippen MR) is 117 cm³/mol. The summed E-state index contributed by atoms with van der Waals surface area (Å²) in [5, 5.41) is 1.74. The van der Waals surface area contributed by atoms with Gasteiger partial charge in [-0.15, -0.1) is 0 Å². The highest BCUT2D eigenvalue weighted by molar-refractivity contribution is 8.15. The zero-order chi connectivity index (χ0) is 22.8. The van der Waals surface area contributed by atoms with Crippen LogP contribution in [0.25, 0.3) is 0 Å². The van der Waals surface area contributed by atoms with Crippen LogP contribution in [0.15, 0.2) is 47.5 Å². The molecule has 2 aromatic carbocycles. The number of aryl methyl sites for hydroxylation is 1. The van der Waals surface area contributed by atoms with Gasteiger partial charge in [0.05, 0.1) is 16.3 Å². The molecule has 2 amide bonds. The fourth-order valence-electron chi connectivity index (χ4n) is 3.01. The molecular formula is C21H19ClF3N3O2S. The van der Waals surface area contributed by atoms with Crippen LogP contribution in [0.4, 0.5) is 24.5 Å². The Balaban J connectivity index is 1.88. The highest BCUT2D eigenvalue weighted by Crippen LogP contribution is 2.37. The molecule has 0 bridgehead atoms. The average molecular weight is 470 g/mol. The number of hydrogen-bond donors (Lipinski definition) is 1. The molecule has 164 valence electrons. The third kappa shape index (κ3) is 5.59. The summed E-state index contributed by atoms with van der Waals surface area (Å²) in [6.07, 6.45) is -4.67. The van der Waals surface area contributed by atoms with E-state index in [0.29, 0.717) is 5.69 Å². The van der Waals surface area contributed by atoms with E-state index in [9.17, 15) is 22.8 Å². The van der Waals surface area contributed by atoms with Gasteiger partial charge in [-0.25, -0.2) is 4.99 Å². The van der Waals surface area contributed by atoms with E-state index < -0.39 is 22.0 Å². The SMILES string of the molecule is CCN1C(=O)CC(C(=O)Nc2cccc(C)c2)SC1=Nc1ccc(Cl)c(C(F)(F)F)c1. The van der Waals surface area contributed by atoms with E-state index >= 15 is 0 Å². The maximum absolute atomic E-state index is 13.2. The van der Waals surface area contributed by atoms with Crippen molar-refractivity contribution in [3.8, 4) is 0 Å². The van der Waals surface area contributed by atoms with Gasteiger partial charge in [0, 0.05) is 18.7 Å². The fraction of sp³-hybridized carbons (Fsp3) is 0.286. The number of carbonyl (C=O) groups is 2. The van der Waals surface area contributed by atoms with Crippen LogP contribution in [-0.2, 0) is 15.8 Å². The zero-order valence-electron chi connectivity index (χ0n) is 16.7. The van der Waals surface area contributed by atoms with Crippen LogP contribution >= 0.6 is 23.4 Å². The molecule has 3 rings (SSSR count). The van der Waals surface area contributed by atoms with Gasteiger partial charge in [-0.2, -0.15) is 13.2 Å². The molecule has 10 heteroatoms. The van der Waals surface area contributed by atoms with E-state index in [0.717, 1.165) is 29.5 Å². The molecule has 31 heavy (non-hydrogen) atoms. The average Bonchev–Trinajstić information content (AvgIpc) is 2.68. The largest absolute Gasteiger partial charge is 0.417 e. The summed E-state index contributed by atoms with van der Waals surface area (Å²) in [5.74, 6) is -0.700. The number of aliphatic imine (C=N–C) groups is 1. The minimum absolute atomic E-state index is 0.00906. The Bertz CT molecular complexity index is 1040. The molecule has 0 aromatic heterocycles. The molecule has 1 saturated heterocycles. The quantitative estimate of drug-likeness (QED) is 0.629. The van der Waals surface area contributed by atoms with E-state index in [-0.39, 0.29) is 35.6 Å². The third-order valence-corrected chi connectivity index (χ3v) is 6.03. The molecule has 1 unspecified atom stereocenters. The number of alkyl halides is 3. The molecule has 1 N–H and O–H groups in total. The molecular weight excluding hydrogens is 451 g/mol. The summed E-state index contributed by atoms with van der Waals surface area (Å²) in [6.45, 7) is 3.89. The van der Waals surface area contributed by atoms with Gasteiger partial charge >= 0.3 is 6.18 Å². The number of carbonyl (C=O) groups excluding carboxylic acids is 2. The Labute approximate surface area is 186 Å². The molecule has 0 radical (unpaired) electrons. The van der Waals surface area contributed by atoms with Crippen LogP contribution in [0.5, 0.6) is 0 Å². The van der Waals surface area contributed by atoms with E-state index in [1.165, 1.54) is 11.0 Å². The van der Waals surface area contributed by atoms with Crippen molar-refractivity contribution < 1.29 is 22.8 Å². The van der Waals surface area contributed by atoms with Crippen LogP contribution in [0.1, 0.15) is 24.5 Å². The summed E-state index contributed by atoms with van der Waals surface area (Å²) in [7, 11) is 0. The summed E-state index contributed by atoms with van der Waals surface area (Å²) < 4.78 is 39.5. The first kappa shape index (κ1) is 23.1. The van der Waals surface area contributed by atoms with Crippen LogP contribution < -0.4 is 5.32 Å². The second-order valence-electron chi connectivity index (χ2n) is 6.86. The minimum Gasteiger partial charge on any atom is -0.325 e. The number of benzene rings is 2. The molecule has 1 aliphatic heterocycles. The summed E-state index contributed by atoms with van der Waals surface area (Å²) >= 11 is 6.71. The Kier molecular flexibility index (Phi) is 6.96. The highest BCUT2D eigenvalue weighted by Gasteiger charge is 2.36. The van der Waals surface area contributed by atoms with Crippen LogP contribution in [0.2, 0.25) is 5.02 Å². The van der Waals surface area contributed by atoms with Crippen molar-refractivity contribution in [2.24, 2.45) is 4.99 Å². The van der Waals surface area contributed by atoms with Gasteiger partial charge in [-0.05, 0) is 49.7 Å². The Morgan fingerprint density at radius 3 is 2.68 bits per heavy atom. The molecule has 0 saturated carbocycles. The van der Waals surface area contributed by atoms with Gasteiger partial charge in [0.2, 0.25) is 11.8 Å². The molecule has 2 aromatic rings. The number of anilines is 1. The normalized spacial score (nSPS) is 18.4. The lowest BCUT2D eigenvalue weighted by Gasteiger charge is -2.31. The number of hydrogen-bond acceptors (Lipinski definition) is 4. The van der Waals surface area contributed by atoms with E-state index in [1.54, 1.807) is 25.1 Å². The topological polar surface area (TPSA) is 61.8 Å². The number of rotatable bonds is 4. The summed E-state index contributed by atoms with van der Waals surface area (Å²) in [4.78, 5) is 30.9.